The van der Waals surface area contributed by atoms with Crippen LogP contribution < -0.4 is 0 Å². The maximum atomic E-state index is 10.2. The summed E-state index contributed by atoms with van der Waals surface area (Å²) in [7, 11) is 0. The molecule has 2 rings (SSSR count). The van der Waals surface area contributed by atoms with Crippen LogP contribution in [0.2, 0.25) is 0 Å². The third-order valence-corrected chi connectivity index (χ3v) is 3.16. The quantitative estimate of drug-likeness (QED) is 0.781. The lowest BCUT2D eigenvalue weighted by Gasteiger charge is -2.14. The fourth-order valence-electron chi connectivity index (χ4n) is 2.03. The number of benzene rings is 2. The highest BCUT2D eigenvalue weighted by atomic mass is 16.3. The van der Waals surface area contributed by atoms with Gasteiger partial charge in [0.2, 0.25) is 0 Å². The lowest BCUT2D eigenvalue weighted by atomic mass is 9.93. The summed E-state index contributed by atoms with van der Waals surface area (Å²) >= 11 is 0. The van der Waals surface area contributed by atoms with E-state index in [2.05, 4.69) is 0 Å². The Morgan fingerprint density at radius 3 is 2.18 bits per heavy atom. The summed E-state index contributed by atoms with van der Waals surface area (Å²) in [5, 5.41) is 19.9. The number of hydrogen-bond acceptors (Lipinski definition) is 2. The molecule has 0 aliphatic heterocycles. The van der Waals surface area contributed by atoms with Crippen molar-refractivity contribution in [2.75, 3.05) is 0 Å². The molecule has 0 aliphatic rings. The first kappa shape index (κ1) is 11.5. The van der Waals surface area contributed by atoms with Crippen LogP contribution in [0.3, 0.4) is 0 Å². The van der Waals surface area contributed by atoms with Crippen molar-refractivity contribution >= 4 is 0 Å². The number of aryl methyl sites for hydroxylation is 2. The normalized spacial score (nSPS) is 10.5. The van der Waals surface area contributed by atoms with Gasteiger partial charge in [-0.1, -0.05) is 24.3 Å². The van der Waals surface area contributed by atoms with E-state index in [1.54, 1.807) is 12.1 Å². The number of aromatic hydroxyl groups is 2. The van der Waals surface area contributed by atoms with Crippen LogP contribution in [-0.4, -0.2) is 10.2 Å². The van der Waals surface area contributed by atoms with Crippen LogP contribution in [0.15, 0.2) is 30.3 Å². The second-order valence-corrected chi connectivity index (χ2v) is 4.37. The van der Waals surface area contributed by atoms with Crippen molar-refractivity contribution in [3.05, 3.63) is 47.0 Å². The molecule has 0 bridgehead atoms. The Balaban J connectivity index is 2.77. The molecule has 0 aliphatic carbocycles. The average molecular weight is 228 g/mol. The van der Waals surface area contributed by atoms with Gasteiger partial charge in [0.15, 0.2) is 0 Å². The van der Waals surface area contributed by atoms with Crippen molar-refractivity contribution in [1.29, 1.82) is 0 Å². The van der Waals surface area contributed by atoms with E-state index in [1.807, 2.05) is 39.0 Å². The van der Waals surface area contributed by atoms with Gasteiger partial charge in [-0.25, -0.2) is 0 Å². The summed E-state index contributed by atoms with van der Waals surface area (Å²) in [5.74, 6) is 0.543. The molecule has 0 saturated carbocycles. The van der Waals surface area contributed by atoms with E-state index in [-0.39, 0.29) is 5.75 Å². The Morgan fingerprint density at radius 2 is 1.47 bits per heavy atom. The van der Waals surface area contributed by atoms with Crippen molar-refractivity contribution in [1.82, 2.24) is 0 Å². The first-order valence-corrected chi connectivity index (χ1v) is 5.60. The Kier molecular flexibility index (Phi) is 2.80. The van der Waals surface area contributed by atoms with E-state index < -0.39 is 0 Å². The zero-order chi connectivity index (χ0) is 12.6. The third-order valence-electron chi connectivity index (χ3n) is 3.16. The predicted octanol–water partition coefficient (Wildman–Crippen LogP) is 3.69. The Bertz CT molecular complexity index is 571. The van der Waals surface area contributed by atoms with E-state index >= 15 is 0 Å². The average Bonchev–Trinajstić information content (AvgIpc) is 2.30. The first-order chi connectivity index (χ1) is 8.02. The van der Waals surface area contributed by atoms with Gasteiger partial charge in [0.05, 0.1) is 0 Å². The zero-order valence-electron chi connectivity index (χ0n) is 10.3. The number of phenols is 2. The van der Waals surface area contributed by atoms with Gasteiger partial charge >= 0.3 is 0 Å². The van der Waals surface area contributed by atoms with Crippen molar-refractivity contribution in [3.8, 4) is 22.6 Å². The summed E-state index contributed by atoms with van der Waals surface area (Å²) in [4.78, 5) is 0. The van der Waals surface area contributed by atoms with E-state index in [1.165, 1.54) is 0 Å². The monoisotopic (exact) mass is 228 g/mol. The van der Waals surface area contributed by atoms with Crippen LogP contribution >= 0.6 is 0 Å². The molecule has 0 aromatic heterocycles. The van der Waals surface area contributed by atoms with Gasteiger partial charge in [0, 0.05) is 5.56 Å². The summed E-state index contributed by atoms with van der Waals surface area (Å²) in [5.41, 5.74) is 4.31. The van der Waals surface area contributed by atoms with Crippen LogP contribution in [-0.2, 0) is 0 Å². The predicted molar refractivity (Wildman–Crippen MR) is 69.4 cm³/mol. The molecule has 2 heteroatoms. The van der Waals surface area contributed by atoms with Crippen molar-refractivity contribution in [3.63, 3.8) is 0 Å². The van der Waals surface area contributed by atoms with E-state index in [4.69, 9.17) is 0 Å². The van der Waals surface area contributed by atoms with Gasteiger partial charge in [-0.2, -0.15) is 0 Å². The zero-order valence-corrected chi connectivity index (χ0v) is 10.3. The first-order valence-electron chi connectivity index (χ1n) is 5.60. The second kappa shape index (κ2) is 4.13. The fraction of sp³-hybridized carbons (Fsp3) is 0.200. The summed E-state index contributed by atoms with van der Waals surface area (Å²) in [6.07, 6.45) is 0. The molecule has 0 atom stereocenters. The van der Waals surface area contributed by atoms with E-state index in [0.29, 0.717) is 5.75 Å². The van der Waals surface area contributed by atoms with E-state index in [9.17, 15) is 10.2 Å². The fourth-order valence-corrected chi connectivity index (χ4v) is 2.03. The van der Waals surface area contributed by atoms with Crippen LogP contribution in [0.1, 0.15) is 16.7 Å². The summed E-state index contributed by atoms with van der Waals surface area (Å²) in [6.45, 7) is 5.68. The highest BCUT2D eigenvalue weighted by molar-refractivity contribution is 5.78. The van der Waals surface area contributed by atoms with Gasteiger partial charge < -0.3 is 10.2 Å². The summed E-state index contributed by atoms with van der Waals surface area (Å²) in [6, 6.07) is 9.23. The lowest BCUT2D eigenvalue weighted by molar-refractivity contribution is 0.469. The number of phenolic OH excluding ortho intramolecular Hbond substituents is 2. The summed E-state index contributed by atoms with van der Waals surface area (Å²) < 4.78 is 0. The molecule has 0 amide bonds. The Labute approximate surface area is 101 Å². The molecule has 0 fully saturated rings. The van der Waals surface area contributed by atoms with Gasteiger partial charge in [-0.05, 0) is 49.1 Å². The maximum Gasteiger partial charge on any atom is 0.126 e. The molecular formula is C15H16O2. The minimum atomic E-state index is 0.253. The van der Waals surface area contributed by atoms with Crippen LogP contribution in [0.25, 0.3) is 11.1 Å². The molecule has 88 valence electrons. The molecule has 0 saturated heterocycles. The van der Waals surface area contributed by atoms with Crippen LogP contribution in [0, 0.1) is 20.8 Å². The molecule has 0 radical (unpaired) electrons. The topological polar surface area (TPSA) is 40.5 Å². The number of hydrogen-bond donors (Lipinski definition) is 2. The molecule has 2 nitrogen and oxygen atoms in total. The third kappa shape index (κ3) is 1.86. The minimum Gasteiger partial charge on any atom is -0.508 e. The van der Waals surface area contributed by atoms with Gasteiger partial charge in [-0.15, -0.1) is 0 Å². The molecular weight excluding hydrogens is 212 g/mol. The Hall–Kier alpha value is -1.96. The van der Waals surface area contributed by atoms with Crippen molar-refractivity contribution in [2.45, 2.75) is 20.8 Å². The van der Waals surface area contributed by atoms with Gasteiger partial charge in [0.1, 0.15) is 11.5 Å². The molecule has 2 N–H and O–H groups in total. The van der Waals surface area contributed by atoms with E-state index in [0.717, 1.165) is 27.8 Å². The molecule has 0 heterocycles. The maximum absolute atomic E-state index is 10.2. The van der Waals surface area contributed by atoms with Gasteiger partial charge in [0.25, 0.3) is 0 Å². The lowest BCUT2D eigenvalue weighted by Crippen LogP contribution is -1.90. The largest absolute Gasteiger partial charge is 0.508 e. The molecule has 0 unspecified atom stereocenters. The van der Waals surface area contributed by atoms with Crippen LogP contribution in [0.4, 0.5) is 0 Å². The smallest absolute Gasteiger partial charge is 0.126 e. The molecule has 2 aromatic rings. The molecule has 0 spiro atoms. The SMILES string of the molecule is Cc1ccc(C)c(-c2cccc(O)c2C)c1O. The molecule has 17 heavy (non-hydrogen) atoms. The number of rotatable bonds is 1. The second-order valence-electron chi connectivity index (χ2n) is 4.37. The standard InChI is InChI=1S/C15H16O2/c1-9-7-8-10(2)15(17)14(9)12-5-4-6-13(16)11(12)3/h4-8,16-17H,1-3H3. The highest BCUT2D eigenvalue weighted by Crippen LogP contribution is 2.38. The van der Waals surface area contributed by atoms with Crippen molar-refractivity contribution < 1.29 is 10.2 Å². The van der Waals surface area contributed by atoms with Gasteiger partial charge in [-0.3, -0.25) is 0 Å². The molecule has 2 aromatic carbocycles. The van der Waals surface area contributed by atoms with Crippen molar-refractivity contribution in [2.24, 2.45) is 0 Å². The minimum absolute atomic E-state index is 0.253. The highest BCUT2D eigenvalue weighted by Gasteiger charge is 2.13. The van der Waals surface area contributed by atoms with Crippen LogP contribution in [0.5, 0.6) is 11.5 Å². The Morgan fingerprint density at radius 1 is 0.824 bits per heavy atom.